The largest absolute Gasteiger partial charge is 0.298 e. The Hall–Kier alpha value is -2.60. The zero-order valence-electron chi connectivity index (χ0n) is 11.3. The van der Waals surface area contributed by atoms with Crippen LogP contribution in [0.1, 0.15) is 16.1 Å². The van der Waals surface area contributed by atoms with Crippen molar-refractivity contribution in [1.82, 2.24) is 15.0 Å². The summed E-state index contributed by atoms with van der Waals surface area (Å²) in [5.41, 5.74) is 2.37. The van der Waals surface area contributed by atoms with Gasteiger partial charge in [0, 0.05) is 30.4 Å². The number of rotatable bonds is 3. The predicted molar refractivity (Wildman–Crippen MR) is 82.3 cm³/mol. The molecule has 0 radical (unpaired) electrons. The summed E-state index contributed by atoms with van der Waals surface area (Å²) in [4.78, 5) is 25.5. The van der Waals surface area contributed by atoms with Crippen LogP contribution in [0, 0.1) is 6.92 Å². The predicted octanol–water partition coefficient (Wildman–Crippen LogP) is 3.16. The van der Waals surface area contributed by atoms with Gasteiger partial charge in [-0.25, -0.2) is 4.98 Å². The highest BCUT2D eigenvalue weighted by molar-refractivity contribution is 7.19. The van der Waals surface area contributed by atoms with Crippen molar-refractivity contribution in [2.75, 3.05) is 5.32 Å². The first kappa shape index (κ1) is 13.4. The van der Waals surface area contributed by atoms with Crippen molar-refractivity contribution >= 4 is 22.4 Å². The van der Waals surface area contributed by atoms with Crippen LogP contribution in [0.15, 0.2) is 49.1 Å². The SMILES string of the molecule is Cc1nc(NC(=O)c2cccnc2)sc1-c1cccnc1. The molecule has 3 heterocycles. The van der Waals surface area contributed by atoms with Gasteiger partial charge in [0.1, 0.15) is 0 Å². The molecule has 0 saturated heterocycles. The van der Waals surface area contributed by atoms with Gasteiger partial charge in [0.2, 0.25) is 0 Å². The van der Waals surface area contributed by atoms with Crippen LogP contribution in [0.5, 0.6) is 0 Å². The average Bonchev–Trinajstić information content (AvgIpc) is 2.89. The third-order valence-electron chi connectivity index (χ3n) is 2.86. The number of amides is 1. The summed E-state index contributed by atoms with van der Waals surface area (Å²) in [6, 6.07) is 7.29. The first-order chi connectivity index (χ1) is 10.2. The number of carbonyl (C=O) groups excluding carboxylic acids is 1. The molecule has 3 aromatic rings. The van der Waals surface area contributed by atoms with E-state index in [0.29, 0.717) is 10.7 Å². The minimum Gasteiger partial charge on any atom is -0.298 e. The lowest BCUT2D eigenvalue weighted by molar-refractivity contribution is 0.102. The minimum atomic E-state index is -0.213. The Labute approximate surface area is 125 Å². The van der Waals surface area contributed by atoms with E-state index in [9.17, 15) is 4.79 Å². The van der Waals surface area contributed by atoms with Gasteiger partial charge in [-0.15, -0.1) is 0 Å². The van der Waals surface area contributed by atoms with Crippen LogP contribution in [0.4, 0.5) is 5.13 Å². The fraction of sp³-hybridized carbons (Fsp3) is 0.0667. The molecule has 0 unspecified atom stereocenters. The lowest BCUT2D eigenvalue weighted by Gasteiger charge is -2.00. The number of aryl methyl sites for hydroxylation is 1. The Bertz CT molecular complexity index is 756. The lowest BCUT2D eigenvalue weighted by Crippen LogP contribution is -2.11. The maximum absolute atomic E-state index is 12.1. The second-order valence-corrected chi connectivity index (χ2v) is 5.37. The lowest BCUT2D eigenvalue weighted by atomic mass is 10.2. The van der Waals surface area contributed by atoms with Crippen LogP contribution in [-0.4, -0.2) is 20.9 Å². The van der Waals surface area contributed by atoms with Gasteiger partial charge < -0.3 is 0 Å². The normalized spacial score (nSPS) is 10.3. The number of thiazole rings is 1. The van der Waals surface area contributed by atoms with Crippen LogP contribution in [0.25, 0.3) is 10.4 Å². The van der Waals surface area contributed by atoms with E-state index in [1.165, 1.54) is 17.5 Å². The van der Waals surface area contributed by atoms with Crippen molar-refractivity contribution < 1.29 is 4.79 Å². The second-order valence-electron chi connectivity index (χ2n) is 4.37. The van der Waals surface area contributed by atoms with Crippen molar-refractivity contribution in [3.05, 3.63) is 60.3 Å². The van der Waals surface area contributed by atoms with Gasteiger partial charge in [-0.05, 0) is 25.1 Å². The number of anilines is 1. The highest BCUT2D eigenvalue weighted by Crippen LogP contribution is 2.32. The first-order valence-electron chi connectivity index (χ1n) is 6.33. The van der Waals surface area contributed by atoms with Crippen molar-refractivity contribution in [2.45, 2.75) is 6.92 Å². The van der Waals surface area contributed by atoms with Crippen molar-refractivity contribution in [3.63, 3.8) is 0 Å². The summed E-state index contributed by atoms with van der Waals surface area (Å²) in [7, 11) is 0. The van der Waals surface area contributed by atoms with Gasteiger partial charge in [-0.2, -0.15) is 0 Å². The molecular weight excluding hydrogens is 284 g/mol. The summed E-state index contributed by atoms with van der Waals surface area (Å²) >= 11 is 1.43. The van der Waals surface area contributed by atoms with E-state index >= 15 is 0 Å². The highest BCUT2D eigenvalue weighted by atomic mass is 32.1. The summed E-state index contributed by atoms with van der Waals surface area (Å²) in [6.45, 7) is 1.92. The number of hydrogen-bond donors (Lipinski definition) is 1. The standard InChI is InChI=1S/C15H12N4OS/c1-10-13(11-4-2-6-16-8-11)21-15(18-10)19-14(20)12-5-3-7-17-9-12/h2-9H,1H3,(H,18,19,20). The molecule has 0 saturated carbocycles. The Morgan fingerprint density at radius 2 is 1.90 bits per heavy atom. The van der Waals surface area contributed by atoms with Crippen LogP contribution >= 0.6 is 11.3 Å². The Kier molecular flexibility index (Phi) is 3.70. The maximum atomic E-state index is 12.1. The van der Waals surface area contributed by atoms with E-state index < -0.39 is 0 Å². The first-order valence-corrected chi connectivity index (χ1v) is 7.15. The number of carbonyl (C=O) groups is 1. The fourth-order valence-electron chi connectivity index (χ4n) is 1.88. The van der Waals surface area contributed by atoms with Crippen LogP contribution in [0.3, 0.4) is 0 Å². The molecule has 6 heteroatoms. The molecule has 0 fully saturated rings. The van der Waals surface area contributed by atoms with E-state index in [-0.39, 0.29) is 5.91 Å². The van der Waals surface area contributed by atoms with E-state index in [1.54, 1.807) is 30.7 Å². The van der Waals surface area contributed by atoms with E-state index in [0.717, 1.165) is 16.1 Å². The number of aromatic nitrogens is 3. The molecule has 3 rings (SSSR count). The molecule has 0 atom stereocenters. The molecule has 0 aromatic carbocycles. The second kappa shape index (κ2) is 5.80. The third kappa shape index (κ3) is 2.95. The Balaban J connectivity index is 1.84. The number of hydrogen-bond acceptors (Lipinski definition) is 5. The molecule has 104 valence electrons. The van der Waals surface area contributed by atoms with Gasteiger partial charge in [0.15, 0.2) is 5.13 Å². The zero-order valence-corrected chi connectivity index (χ0v) is 12.1. The number of nitrogens with zero attached hydrogens (tertiary/aromatic N) is 3. The quantitative estimate of drug-likeness (QED) is 0.806. The number of nitrogens with one attached hydrogen (secondary N) is 1. The average molecular weight is 296 g/mol. The van der Waals surface area contributed by atoms with Gasteiger partial charge in [-0.3, -0.25) is 20.1 Å². The van der Waals surface area contributed by atoms with Gasteiger partial charge in [-0.1, -0.05) is 17.4 Å². The minimum absolute atomic E-state index is 0.213. The van der Waals surface area contributed by atoms with Crippen LogP contribution < -0.4 is 5.32 Å². The highest BCUT2D eigenvalue weighted by Gasteiger charge is 2.13. The van der Waals surface area contributed by atoms with Crippen molar-refractivity contribution in [3.8, 4) is 10.4 Å². The summed E-state index contributed by atoms with van der Waals surface area (Å²) in [5.74, 6) is -0.213. The fourth-order valence-corrected chi connectivity index (χ4v) is 2.83. The van der Waals surface area contributed by atoms with E-state index in [4.69, 9.17) is 0 Å². The smallest absolute Gasteiger partial charge is 0.259 e. The number of pyridine rings is 2. The van der Waals surface area contributed by atoms with Gasteiger partial charge in [0.25, 0.3) is 5.91 Å². The van der Waals surface area contributed by atoms with Crippen LogP contribution in [0.2, 0.25) is 0 Å². The topological polar surface area (TPSA) is 67.8 Å². The summed E-state index contributed by atoms with van der Waals surface area (Å²) in [5, 5.41) is 3.37. The Morgan fingerprint density at radius 3 is 2.57 bits per heavy atom. The third-order valence-corrected chi connectivity index (χ3v) is 3.99. The molecule has 0 spiro atoms. The summed E-state index contributed by atoms with van der Waals surface area (Å²) < 4.78 is 0. The summed E-state index contributed by atoms with van der Waals surface area (Å²) in [6.07, 6.45) is 6.67. The van der Waals surface area contributed by atoms with Crippen LogP contribution in [-0.2, 0) is 0 Å². The van der Waals surface area contributed by atoms with Crippen molar-refractivity contribution in [2.24, 2.45) is 0 Å². The van der Waals surface area contributed by atoms with E-state index in [2.05, 4.69) is 20.3 Å². The van der Waals surface area contributed by atoms with Crippen molar-refractivity contribution in [1.29, 1.82) is 0 Å². The zero-order chi connectivity index (χ0) is 14.7. The Morgan fingerprint density at radius 1 is 1.14 bits per heavy atom. The van der Waals surface area contributed by atoms with Gasteiger partial charge >= 0.3 is 0 Å². The molecular formula is C15H12N4OS. The van der Waals surface area contributed by atoms with Gasteiger partial charge in [0.05, 0.1) is 16.1 Å². The maximum Gasteiger partial charge on any atom is 0.259 e. The molecule has 0 bridgehead atoms. The molecule has 0 aliphatic carbocycles. The molecule has 5 nitrogen and oxygen atoms in total. The molecule has 1 amide bonds. The molecule has 1 N–H and O–H groups in total. The monoisotopic (exact) mass is 296 g/mol. The molecule has 0 aliphatic rings. The molecule has 3 aromatic heterocycles. The molecule has 0 aliphatic heterocycles. The molecule has 21 heavy (non-hydrogen) atoms. The van der Waals surface area contributed by atoms with E-state index in [1.807, 2.05) is 19.1 Å².